The van der Waals surface area contributed by atoms with Crippen LogP contribution in [0, 0.1) is 0 Å². The van der Waals surface area contributed by atoms with Crippen LogP contribution in [0.3, 0.4) is 0 Å². The summed E-state index contributed by atoms with van der Waals surface area (Å²) in [5.41, 5.74) is 7.65. The first-order chi connectivity index (χ1) is 10.6. The van der Waals surface area contributed by atoms with Crippen LogP contribution in [0.15, 0.2) is 47.5 Å². The van der Waals surface area contributed by atoms with E-state index in [2.05, 4.69) is 16.9 Å². The van der Waals surface area contributed by atoms with Gasteiger partial charge in [0.1, 0.15) is 6.61 Å². The highest BCUT2D eigenvalue weighted by molar-refractivity contribution is 5.77. The lowest BCUT2D eigenvalue weighted by Crippen LogP contribution is -2.32. The van der Waals surface area contributed by atoms with Gasteiger partial charge in [0.2, 0.25) is 0 Å². The first-order valence-electron chi connectivity index (χ1n) is 7.45. The summed E-state index contributed by atoms with van der Waals surface area (Å²) in [5, 5.41) is 3.00. The average molecular weight is 303 g/mol. The first kappa shape index (κ1) is 17.8. The third kappa shape index (κ3) is 8.79. The van der Waals surface area contributed by atoms with Crippen molar-refractivity contribution in [3.8, 4) is 0 Å². The van der Waals surface area contributed by atoms with Crippen LogP contribution in [-0.4, -0.2) is 25.0 Å². The number of aliphatic imine (C=N–C) groups is 1. The van der Waals surface area contributed by atoms with Crippen molar-refractivity contribution in [1.82, 2.24) is 5.32 Å². The van der Waals surface area contributed by atoms with Gasteiger partial charge in [-0.2, -0.15) is 0 Å². The highest BCUT2D eigenvalue weighted by Crippen LogP contribution is 2.03. The molecule has 5 nitrogen and oxygen atoms in total. The van der Waals surface area contributed by atoms with Crippen LogP contribution in [0.2, 0.25) is 0 Å². The van der Waals surface area contributed by atoms with Crippen molar-refractivity contribution in [2.75, 3.05) is 13.1 Å². The number of benzene rings is 1. The van der Waals surface area contributed by atoms with Gasteiger partial charge in [-0.3, -0.25) is 4.79 Å². The average Bonchev–Trinajstić information content (AvgIpc) is 2.51. The molecule has 0 spiro atoms. The number of hydrogen-bond donors (Lipinski definition) is 2. The Morgan fingerprint density at radius 3 is 2.73 bits per heavy atom. The Labute approximate surface area is 132 Å². The quantitative estimate of drug-likeness (QED) is 0.241. The summed E-state index contributed by atoms with van der Waals surface area (Å²) in [6.07, 6.45) is 2.01. The Morgan fingerprint density at radius 2 is 2.05 bits per heavy atom. The lowest BCUT2D eigenvalue weighted by atomic mass is 10.2. The number of rotatable bonds is 9. The number of carbonyl (C=O) groups excluding carboxylic acids is 1. The van der Waals surface area contributed by atoms with Crippen LogP contribution in [0.1, 0.15) is 31.7 Å². The van der Waals surface area contributed by atoms with Crippen molar-refractivity contribution in [2.24, 2.45) is 10.7 Å². The molecule has 0 saturated heterocycles. The van der Waals surface area contributed by atoms with Crippen LogP contribution in [0.25, 0.3) is 0 Å². The van der Waals surface area contributed by atoms with E-state index in [1.165, 1.54) is 0 Å². The fraction of sp³-hybridized carbons (Fsp3) is 0.412. The van der Waals surface area contributed by atoms with Gasteiger partial charge < -0.3 is 15.8 Å². The molecule has 0 aliphatic rings. The van der Waals surface area contributed by atoms with Gasteiger partial charge in [0.05, 0.1) is 6.54 Å². The molecule has 0 aromatic heterocycles. The Balaban J connectivity index is 2.05. The maximum atomic E-state index is 11.6. The summed E-state index contributed by atoms with van der Waals surface area (Å²) in [7, 11) is 0. The zero-order valence-electron chi connectivity index (χ0n) is 13.2. The van der Waals surface area contributed by atoms with E-state index >= 15 is 0 Å². The van der Waals surface area contributed by atoms with Crippen molar-refractivity contribution in [3.05, 3.63) is 48.0 Å². The van der Waals surface area contributed by atoms with E-state index in [-0.39, 0.29) is 5.97 Å². The predicted octanol–water partition coefficient (Wildman–Crippen LogP) is 2.38. The van der Waals surface area contributed by atoms with Crippen molar-refractivity contribution in [1.29, 1.82) is 0 Å². The molecule has 0 aliphatic heterocycles. The Bertz CT molecular complexity index is 498. The molecule has 0 radical (unpaired) electrons. The number of ether oxygens (including phenoxy) is 1. The molecule has 22 heavy (non-hydrogen) atoms. The topological polar surface area (TPSA) is 76.7 Å². The predicted molar refractivity (Wildman–Crippen MR) is 89.4 cm³/mol. The van der Waals surface area contributed by atoms with E-state index in [1.54, 1.807) is 0 Å². The lowest BCUT2D eigenvalue weighted by molar-refractivity contribution is -0.145. The first-order valence-corrected chi connectivity index (χ1v) is 7.45. The fourth-order valence-electron chi connectivity index (χ4n) is 1.70. The van der Waals surface area contributed by atoms with E-state index in [4.69, 9.17) is 10.5 Å². The highest BCUT2D eigenvalue weighted by Gasteiger charge is 2.03. The van der Waals surface area contributed by atoms with E-state index in [0.29, 0.717) is 32.1 Å². The minimum Gasteiger partial charge on any atom is -0.461 e. The molecular formula is C17H25N3O2. The standard InChI is InChI=1S/C17H25N3O2/c1-14(2)12-20-17(18)19-11-7-6-10-16(21)22-13-15-8-4-3-5-9-15/h3-5,8-9H,1,6-7,10-13H2,2H3,(H3,18,19,20). The van der Waals surface area contributed by atoms with E-state index in [0.717, 1.165) is 24.0 Å². The molecule has 120 valence electrons. The normalized spacial score (nSPS) is 11.0. The molecule has 1 aromatic carbocycles. The molecule has 0 heterocycles. The van der Waals surface area contributed by atoms with E-state index < -0.39 is 0 Å². The second-order valence-corrected chi connectivity index (χ2v) is 5.19. The van der Waals surface area contributed by atoms with Crippen LogP contribution in [0.4, 0.5) is 0 Å². The molecule has 5 heteroatoms. The second kappa shape index (κ2) is 10.4. The number of esters is 1. The Morgan fingerprint density at radius 1 is 1.32 bits per heavy atom. The zero-order valence-corrected chi connectivity index (χ0v) is 13.2. The maximum Gasteiger partial charge on any atom is 0.306 e. The summed E-state index contributed by atoms with van der Waals surface area (Å²) < 4.78 is 5.20. The number of nitrogens with zero attached hydrogens (tertiary/aromatic N) is 1. The number of nitrogens with one attached hydrogen (secondary N) is 1. The molecule has 3 N–H and O–H groups in total. The van der Waals surface area contributed by atoms with Gasteiger partial charge in [0.25, 0.3) is 0 Å². The van der Waals surface area contributed by atoms with Crippen LogP contribution in [-0.2, 0) is 16.1 Å². The van der Waals surface area contributed by atoms with Crippen molar-refractivity contribution < 1.29 is 9.53 Å². The monoisotopic (exact) mass is 303 g/mol. The maximum absolute atomic E-state index is 11.6. The fourth-order valence-corrected chi connectivity index (χ4v) is 1.70. The van der Waals surface area contributed by atoms with Crippen molar-refractivity contribution in [3.63, 3.8) is 0 Å². The van der Waals surface area contributed by atoms with Crippen LogP contribution in [0.5, 0.6) is 0 Å². The van der Waals surface area contributed by atoms with Gasteiger partial charge >= 0.3 is 5.97 Å². The largest absolute Gasteiger partial charge is 0.461 e. The molecule has 0 amide bonds. The molecule has 1 rings (SSSR count). The van der Waals surface area contributed by atoms with Crippen molar-refractivity contribution >= 4 is 11.9 Å². The SMILES string of the molecule is C=C(C)CN=C(N)NCCCCC(=O)OCc1ccccc1. The number of guanidine groups is 1. The molecule has 0 aliphatic carbocycles. The van der Waals surface area contributed by atoms with Gasteiger partial charge in [0, 0.05) is 13.0 Å². The zero-order chi connectivity index (χ0) is 16.2. The number of unbranched alkanes of at least 4 members (excludes halogenated alkanes) is 1. The third-order valence-corrected chi connectivity index (χ3v) is 2.88. The number of carbonyl (C=O) groups is 1. The summed E-state index contributed by atoms with van der Waals surface area (Å²) in [6, 6.07) is 9.65. The summed E-state index contributed by atoms with van der Waals surface area (Å²) in [5.74, 6) is 0.238. The van der Waals surface area contributed by atoms with Gasteiger partial charge in [-0.15, -0.1) is 0 Å². The summed E-state index contributed by atoms with van der Waals surface area (Å²) >= 11 is 0. The molecule has 0 unspecified atom stereocenters. The Hall–Kier alpha value is -2.30. The smallest absolute Gasteiger partial charge is 0.306 e. The van der Waals surface area contributed by atoms with Gasteiger partial charge in [-0.05, 0) is 25.3 Å². The second-order valence-electron chi connectivity index (χ2n) is 5.19. The molecule has 0 fully saturated rings. The van der Waals surface area contributed by atoms with Crippen molar-refractivity contribution in [2.45, 2.75) is 32.8 Å². The van der Waals surface area contributed by atoms with Gasteiger partial charge in [0.15, 0.2) is 5.96 Å². The minimum atomic E-state index is -0.173. The van der Waals surface area contributed by atoms with E-state index in [1.807, 2.05) is 37.3 Å². The Kier molecular flexibility index (Phi) is 8.42. The van der Waals surface area contributed by atoms with Crippen LogP contribution < -0.4 is 11.1 Å². The molecule has 0 atom stereocenters. The summed E-state index contributed by atoms with van der Waals surface area (Å²) in [4.78, 5) is 15.7. The third-order valence-electron chi connectivity index (χ3n) is 2.88. The number of nitrogens with two attached hydrogens (primary N) is 1. The number of hydrogen-bond acceptors (Lipinski definition) is 3. The molecule has 0 saturated carbocycles. The molecule has 1 aromatic rings. The van der Waals surface area contributed by atoms with Crippen LogP contribution >= 0.6 is 0 Å². The summed E-state index contributed by atoms with van der Waals surface area (Å²) in [6.45, 7) is 7.21. The highest BCUT2D eigenvalue weighted by atomic mass is 16.5. The van der Waals surface area contributed by atoms with Gasteiger partial charge in [-0.1, -0.05) is 42.5 Å². The lowest BCUT2D eigenvalue weighted by Gasteiger charge is -2.06. The van der Waals surface area contributed by atoms with Gasteiger partial charge in [-0.25, -0.2) is 4.99 Å². The minimum absolute atomic E-state index is 0.173. The molecule has 0 bridgehead atoms. The van der Waals surface area contributed by atoms with E-state index in [9.17, 15) is 4.79 Å². The molecular weight excluding hydrogens is 278 g/mol.